The molecule has 2 atom stereocenters. The molecule has 5 heteroatoms. The van der Waals surface area contributed by atoms with E-state index in [2.05, 4.69) is 19.2 Å². The van der Waals surface area contributed by atoms with E-state index in [1.807, 2.05) is 25.7 Å². The fourth-order valence-corrected chi connectivity index (χ4v) is 2.12. The van der Waals surface area contributed by atoms with Crippen LogP contribution in [-0.4, -0.2) is 47.1 Å². The number of carbonyl (C=O) groups is 2. The van der Waals surface area contributed by atoms with Crippen LogP contribution >= 0.6 is 0 Å². The molecule has 0 saturated heterocycles. The van der Waals surface area contributed by atoms with Crippen molar-refractivity contribution in [1.82, 2.24) is 10.2 Å². The van der Waals surface area contributed by atoms with Crippen molar-refractivity contribution in [3.05, 3.63) is 0 Å². The number of rotatable bonds is 9. The summed E-state index contributed by atoms with van der Waals surface area (Å²) in [6, 6.07) is -0.445. The highest BCUT2D eigenvalue weighted by molar-refractivity contribution is 5.81. The van der Waals surface area contributed by atoms with Gasteiger partial charge in [0.15, 0.2) is 0 Å². The maximum Gasteiger partial charge on any atom is 0.304 e. The molecule has 0 aliphatic rings. The van der Waals surface area contributed by atoms with Crippen molar-refractivity contribution in [3.8, 4) is 0 Å². The number of carbonyl (C=O) groups excluding carboxylic acids is 1. The Balaban J connectivity index is 4.35. The molecule has 0 spiro atoms. The van der Waals surface area contributed by atoms with Gasteiger partial charge in [-0.1, -0.05) is 20.8 Å². The second-order valence-corrected chi connectivity index (χ2v) is 5.43. The first kappa shape index (κ1) is 17.9. The van der Waals surface area contributed by atoms with Crippen LogP contribution in [0.15, 0.2) is 0 Å². The van der Waals surface area contributed by atoms with Crippen molar-refractivity contribution in [2.24, 2.45) is 5.92 Å². The lowest BCUT2D eigenvalue weighted by Crippen LogP contribution is -2.49. The summed E-state index contributed by atoms with van der Waals surface area (Å²) in [7, 11) is 0. The van der Waals surface area contributed by atoms with E-state index in [1.165, 1.54) is 0 Å². The van der Waals surface area contributed by atoms with Crippen LogP contribution in [-0.2, 0) is 9.59 Å². The minimum atomic E-state index is -0.835. The largest absolute Gasteiger partial charge is 0.481 e. The van der Waals surface area contributed by atoms with Gasteiger partial charge in [0.1, 0.15) is 0 Å². The van der Waals surface area contributed by atoms with E-state index >= 15 is 0 Å². The van der Waals surface area contributed by atoms with Gasteiger partial charge in [0.25, 0.3) is 0 Å². The minimum absolute atomic E-state index is 0.0280. The molecule has 1 amide bonds. The highest BCUT2D eigenvalue weighted by Crippen LogP contribution is 2.09. The molecule has 0 aromatic carbocycles. The van der Waals surface area contributed by atoms with Crippen molar-refractivity contribution in [1.29, 1.82) is 0 Å². The quantitative estimate of drug-likeness (QED) is 0.670. The van der Waals surface area contributed by atoms with E-state index in [0.717, 1.165) is 6.42 Å². The minimum Gasteiger partial charge on any atom is -0.481 e. The van der Waals surface area contributed by atoms with E-state index < -0.39 is 5.97 Å². The van der Waals surface area contributed by atoms with Gasteiger partial charge in [0.05, 0.1) is 12.5 Å². The fourth-order valence-electron chi connectivity index (χ4n) is 2.12. The summed E-state index contributed by atoms with van der Waals surface area (Å²) in [6.07, 6.45) is 1.01. The third-order valence-electron chi connectivity index (χ3n) is 3.30. The second kappa shape index (κ2) is 8.91. The molecular formula is C14H28N2O3. The molecule has 19 heavy (non-hydrogen) atoms. The Hall–Kier alpha value is -1.10. The highest BCUT2D eigenvalue weighted by Gasteiger charge is 2.25. The number of nitrogens with zero attached hydrogens (tertiary/aromatic N) is 1. The Morgan fingerprint density at radius 2 is 1.79 bits per heavy atom. The molecule has 0 bridgehead atoms. The maximum atomic E-state index is 12.0. The van der Waals surface area contributed by atoms with Crippen LogP contribution in [0.3, 0.4) is 0 Å². The van der Waals surface area contributed by atoms with E-state index in [-0.39, 0.29) is 24.4 Å². The highest BCUT2D eigenvalue weighted by atomic mass is 16.4. The van der Waals surface area contributed by atoms with Crippen molar-refractivity contribution < 1.29 is 14.7 Å². The van der Waals surface area contributed by atoms with Crippen molar-refractivity contribution >= 4 is 11.9 Å². The normalized spacial score (nSPS) is 14.5. The number of aliphatic carboxylic acids is 1. The second-order valence-electron chi connectivity index (χ2n) is 5.43. The Kier molecular flexibility index (Phi) is 8.39. The number of hydrogen-bond donors (Lipinski definition) is 2. The molecular weight excluding hydrogens is 244 g/mol. The Morgan fingerprint density at radius 1 is 1.21 bits per heavy atom. The van der Waals surface area contributed by atoms with E-state index in [4.69, 9.17) is 5.11 Å². The van der Waals surface area contributed by atoms with Gasteiger partial charge in [0, 0.05) is 12.6 Å². The number of hydrogen-bond acceptors (Lipinski definition) is 3. The molecule has 0 aliphatic carbocycles. The summed E-state index contributed by atoms with van der Waals surface area (Å²) in [5.41, 5.74) is 0. The molecule has 2 unspecified atom stereocenters. The Labute approximate surface area is 116 Å². The summed E-state index contributed by atoms with van der Waals surface area (Å²) >= 11 is 0. The Bertz CT molecular complexity index is 292. The molecule has 0 radical (unpaired) electrons. The number of carboxylic acids is 1. The van der Waals surface area contributed by atoms with Crippen LogP contribution in [0, 0.1) is 5.92 Å². The fraction of sp³-hybridized carbons (Fsp3) is 0.857. The average Bonchev–Trinajstić information content (AvgIpc) is 2.27. The van der Waals surface area contributed by atoms with Gasteiger partial charge < -0.3 is 10.4 Å². The van der Waals surface area contributed by atoms with E-state index in [0.29, 0.717) is 19.0 Å². The molecule has 112 valence electrons. The van der Waals surface area contributed by atoms with Crippen LogP contribution in [0.5, 0.6) is 0 Å². The third-order valence-corrected chi connectivity index (χ3v) is 3.30. The first-order valence-corrected chi connectivity index (χ1v) is 7.04. The van der Waals surface area contributed by atoms with Crippen LogP contribution in [0.1, 0.15) is 47.5 Å². The van der Waals surface area contributed by atoms with Crippen LogP contribution in [0.25, 0.3) is 0 Å². The van der Waals surface area contributed by atoms with Gasteiger partial charge in [-0.2, -0.15) is 0 Å². The van der Waals surface area contributed by atoms with Gasteiger partial charge in [-0.15, -0.1) is 0 Å². The summed E-state index contributed by atoms with van der Waals surface area (Å²) in [4.78, 5) is 24.7. The molecule has 0 heterocycles. The van der Waals surface area contributed by atoms with Crippen LogP contribution in [0.2, 0.25) is 0 Å². The summed E-state index contributed by atoms with van der Waals surface area (Å²) < 4.78 is 0. The van der Waals surface area contributed by atoms with Crippen LogP contribution < -0.4 is 5.32 Å². The molecule has 0 saturated carbocycles. The van der Waals surface area contributed by atoms with Crippen molar-refractivity contribution in [3.63, 3.8) is 0 Å². The SMILES string of the molecule is CCN(C(C)CC(=O)O)C(C)C(=O)NCCC(C)C. The van der Waals surface area contributed by atoms with Gasteiger partial charge >= 0.3 is 5.97 Å². The van der Waals surface area contributed by atoms with Crippen LogP contribution in [0.4, 0.5) is 0 Å². The zero-order chi connectivity index (χ0) is 15.0. The number of likely N-dealkylation sites (N-methyl/N-ethyl adjacent to an activating group) is 1. The Morgan fingerprint density at radius 3 is 2.21 bits per heavy atom. The van der Waals surface area contributed by atoms with Gasteiger partial charge in [-0.25, -0.2) is 0 Å². The number of amides is 1. The average molecular weight is 272 g/mol. The third kappa shape index (κ3) is 7.15. The predicted molar refractivity (Wildman–Crippen MR) is 76.0 cm³/mol. The predicted octanol–water partition coefficient (Wildman–Crippen LogP) is 1.72. The standard InChI is InChI=1S/C14H28N2O3/c1-6-16(11(4)9-13(17)18)12(5)14(19)15-8-7-10(2)3/h10-12H,6-9H2,1-5H3,(H,15,19)(H,17,18). The van der Waals surface area contributed by atoms with Crippen molar-refractivity contribution in [2.75, 3.05) is 13.1 Å². The van der Waals surface area contributed by atoms with Gasteiger partial charge in [-0.05, 0) is 32.7 Å². The molecule has 0 rings (SSSR count). The lowest BCUT2D eigenvalue weighted by atomic mass is 10.1. The molecule has 2 N–H and O–H groups in total. The lowest BCUT2D eigenvalue weighted by Gasteiger charge is -2.32. The zero-order valence-corrected chi connectivity index (χ0v) is 12.8. The zero-order valence-electron chi connectivity index (χ0n) is 12.8. The summed E-state index contributed by atoms with van der Waals surface area (Å²) in [5.74, 6) is -0.304. The smallest absolute Gasteiger partial charge is 0.304 e. The lowest BCUT2D eigenvalue weighted by molar-refractivity contribution is -0.139. The van der Waals surface area contributed by atoms with Gasteiger partial charge in [-0.3, -0.25) is 14.5 Å². The summed E-state index contributed by atoms with van der Waals surface area (Å²) in [5, 5.41) is 11.7. The first-order chi connectivity index (χ1) is 8.79. The molecule has 5 nitrogen and oxygen atoms in total. The molecule has 0 aromatic heterocycles. The monoisotopic (exact) mass is 272 g/mol. The number of carboxylic acid groups (broad SMARTS) is 1. The van der Waals surface area contributed by atoms with E-state index in [1.54, 1.807) is 0 Å². The van der Waals surface area contributed by atoms with Crippen molar-refractivity contribution in [2.45, 2.75) is 59.5 Å². The molecule has 0 fully saturated rings. The molecule has 0 aliphatic heterocycles. The maximum absolute atomic E-state index is 12.0. The topological polar surface area (TPSA) is 69.6 Å². The van der Waals surface area contributed by atoms with Gasteiger partial charge in [0.2, 0.25) is 5.91 Å². The van der Waals surface area contributed by atoms with E-state index in [9.17, 15) is 9.59 Å². The summed E-state index contributed by atoms with van der Waals surface area (Å²) in [6.45, 7) is 11.2. The first-order valence-electron chi connectivity index (χ1n) is 7.04. The molecule has 0 aromatic rings. The number of nitrogens with one attached hydrogen (secondary N) is 1.